The Hall–Kier alpha value is -7.36. The third kappa shape index (κ3) is 4.80. The number of hydrogen-bond acceptors (Lipinski definition) is 2. The number of nitrogens with zero attached hydrogens (tertiary/aromatic N) is 3. The zero-order valence-corrected chi connectivity index (χ0v) is 32.2. The molecule has 0 atom stereocenters. The van der Waals surface area contributed by atoms with E-state index in [1.54, 1.807) is 0 Å². The molecule has 2 heterocycles. The summed E-state index contributed by atoms with van der Waals surface area (Å²) < 4.78 is 2.40. The molecule has 0 saturated carbocycles. The van der Waals surface area contributed by atoms with Crippen LogP contribution in [0.5, 0.6) is 0 Å². The summed E-state index contributed by atoms with van der Waals surface area (Å²) in [6, 6.07) is 66.3. The van der Waals surface area contributed by atoms with Crippen molar-refractivity contribution in [2.75, 3.05) is 0 Å². The van der Waals surface area contributed by atoms with Crippen LogP contribution in [0.15, 0.2) is 188 Å². The van der Waals surface area contributed by atoms with Crippen molar-refractivity contribution in [1.82, 2.24) is 14.5 Å². The molecule has 0 amide bonds. The van der Waals surface area contributed by atoms with Crippen LogP contribution in [0.2, 0.25) is 0 Å². The summed E-state index contributed by atoms with van der Waals surface area (Å²) in [7, 11) is 0. The molecule has 3 heteroatoms. The minimum Gasteiger partial charge on any atom is -0.309 e. The standard InChI is InChI=1S/C55H37N3/c1-55(2)48-30-35(34-13-12-14-38(29-34)50-33-56-53-46-20-8-6-17-40(46)41-18-7-9-21-47(41)54(53)57-50)23-26-42(48)43-27-24-36(31-49(43)55)37-25-28-45-44-19-10-11-22-51(44)58(52(45)32-37)39-15-4-3-5-16-39/h3-33H,1-2H3. The van der Waals surface area contributed by atoms with Crippen molar-refractivity contribution in [3.63, 3.8) is 0 Å². The topological polar surface area (TPSA) is 30.7 Å². The van der Waals surface area contributed by atoms with E-state index in [4.69, 9.17) is 9.97 Å². The molecule has 272 valence electrons. The van der Waals surface area contributed by atoms with E-state index in [0.717, 1.165) is 33.1 Å². The van der Waals surface area contributed by atoms with Gasteiger partial charge in [-0.15, -0.1) is 0 Å². The molecule has 0 bridgehead atoms. The van der Waals surface area contributed by atoms with Crippen LogP contribution in [-0.2, 0) is 5.41 Å². The van der Waals surface area contributed by atoms with E-state index >= 15 is 0 Å². The van der Waals surface area contributed by atoms with Crippen LogP contribution < -0.4 is 0 Å². The molecule has 0 unspecified atom stereocenters. The van der Waals surface area contributed by atoms with Gasteiger partial charge in [-0.1, -0.05) is 153 Å². The Labute approximate surface area is 336 Å². The predicted octanol–water partition coefficient (Wildman–Crippen LogP) is 14.3. The molecule has 58 heavy (non-hydrogen) atoms. The average molecular weight is 740 g/mol. The van der Waals surface area contributed by atoms with Gasteiger partial charge in [-0.3, -0.25) is 4.98 Å². The molecule has 12 rings (SSSR count). The van der Waals surface area contributed by atoms with Gasteiger partial charge in [-0.25, -0.2) is 4.98 Å². The second-order valence-electron chi connectivity index (χ2n) is 16.2. The van der Waals surface area contributed by atoms with E-state index in [2.05, 4.69) is 200 Å². The highest BCUT2D eigenvalue weighted by molar-refractivity contribution is 6.23. The van der Waals surface area contributed by atoms with Gasteiger partial charge in [0.05, 0.1) is 34.0 Å². The van der Waals surface area contributed by atoms with Gasteiger partial charge in [-0.05, 0) is 97.7 Å². The van der Waals surface area contributed by atoms with Crippen molar-refractivity contribution < 1.29 is 0 Å². The molecule has 0 saturated heterocycles. The first-order valence-electron chi connectivity index (χ1n) is 20.1. The van der Waals surface area contributed by atoms with Crippen molar-refractivity contribution in [3.8, 4) is 50.3 Å². The first-order chi connectivity index (χ1) is 28.5. The first kappa shape index (κ1) is 32.8. The number of para-hydroxylation sites is 2. The van der Waals surface area contributed by atoms with Crippen LogP contribution in [0.3, 0.4) is 0 Å². The Balaban J connectivity index is 0.919. The van der Waals surface area contributed by atoms with Crippen LogP contribution in [0.1, 0.15) is 25.0 Å². The lowest BCUT2D eigenvalue weighted by Crippen LogP contribution is -2.15. The minimum atomic E-state index is -0.176. The summed E-state index contributed by atoms with van der Waals surface area (Å²) in [4.78, 5) is 10.3. The number of rotatable bonds is 4. The summed E-state index contributed by atoms with van der Waals surface area (Å²) in [5.74, 6) is 0. The molecule has 0 aliphatic heterocycles. The maximum absolute atomic E-state index is 5.28. The van der Waals surface area contributed by atoms with Crippen molar-refractivity contribution in [3.05, 3.63) is 199 Å². The van der Waals surface area contributed by atoms with E-state index in [9.17, 15) is 0 Å². The van der Waals surface area contributed by atoms with Crippen LogP contribution >= 0.6 is 0 Å². The molecule has 0 radical (unpaired) electrons. The Kier molecular flexibility index (Phi) is 6.98. The van der Waals surface area contributed by atoms with Crippen LogP contribution in [0.4, 0.5) is 0 Å². The van der Waals surface area contributed by atoms with E-state index in [1.807, 2.05) is 6.20 Å². The molecule has 1 aliphatic rings. The lowest BCUT2D eigenvalue weighted by Gasteiger charge is -2.23. The SMILES string of the molecule is CC1(C)c2cc(-c3cccc(-c4cnc5c6ccccc6c6ccccc6c5n4)c3)ccc2-c2ccc(-c3ccc4c5ccccc5n(-c5ccccc5)c4c3)cc21. The van der Waals surface area contributed by atoms with Gasteiger partial charge in [0.25, 0.3) is 0 Å². The summed E-state index contributed by atoms with van der Waals surface area (Å²) in [6.07, 6.45) is 1.93. The molecular formula is C55H37N3. The molecule has 2 aromatic heterocycles. The van der Waals surface area contributed by atoms with Gasteiger partial charge in [0.1, 0.15) is 0 Å². The van der Waals surface area contributed by atoms with Crippen molar-refractivity contribution in [1.29, 1.82) is 0 Å². The highest BCUT2D eigenvalue weighted by atomic mass is 15.0. The molecule has 11 aromatic rings. The maximum Gasteiger partial charge on any atom is 0.0979 e. The van der Waals surface area contributed by atoms with Gasteiger partial charge in [0.15, 0.2) is 0 Å². The van der Waals surface area contributed by atoms with Gasteiger partial charge < -0.3 is 4.57 Å². The van der Waals surface area contributed by atoms with Crippen molar-refractivity contribution >= 4 is 54.4 Å². The molecular weight excluding hydrogens is 703 g/mol. The van der Waals surface area contributed by atoms with Crippen molar-refractivity contribution in [2.45, 2.75) is 19.3 Å². The molecule has 0 fully saturated rings. The molecule has 3 nitrogen and oxygen atoms in total. The lowest BCUT2D eigenvalue weighted by molar-refractivity contribution is 0.661. The van der Waals surface area contributed by atoms with E-state index in [-0.39, 0.29) is 5.41 Å². The summed E-state index contributed by atoms with van der Waals surface area (Å²) in [6.45, 7) is 4.74. The smallest absolute Gasteiger partial charge is 0.0979 e. The Morgan fingerprint density at radius 2 is 0.931 bits per heavy atom. The van der Waals surface area contributed by atoms with Crippen LogP contribution in [0, 0.1) is 0 Å². The van der Waals surface area contributed by atoms with E-state index in [0.29, 0.717) is 0 Å². The lowest BCUT2D eigenvalue weighted by atomic mass is 9.80. The fraction of sp³-hybridized carbons (Fsp3) is 0.0545. The Bertz CT molecular complexity index is 3450. The largest absolute Gasteiger partial charge is 0.309 e. The number of aromatic nitrogens is 3. The van der Waals surface area contributed by atoms with Crippen LogP contribution in [-0.4, -0.2) is 14.5 Å². The highest BCUT2D eigenvalue weighted by Crippen LogP contribution is 2.51. The number of fused-ring (bicyclic) bond motifs is 12. The monoisotopic (exact) mass is 739 g/mol. The van der Waals surface area contributed by atoms with E-state index < -0.39 is 0 Å². The second-order valence-corrected chi connectivity index (χ2v) is 16.2. The van der Waals surface area contributed by atoms with Crippen LogP contribution in [0.25, 0.3) is 105 Å². The third-order valence-corrected chi connectivity index (χ3v) is 12.6. The molecule has 1 aliphatic carbocycles. The highest BCUT2D eigenvalue weighted by Gasteiger charge is 2.36. The molecule has 0 N–H and O–H groups in total. The summed E-state index contributed by atoms with van der Waals surface area (Å²) >= 11 is 0. The van der Waals surface area contributed by atoms with Gasteiger partial charge in [-0.2, -0.15) is 0 Å². The normalized spacial score (nSPS) is 13.1. The average Bonchev–Trinajstić information content (AvgIpc) is 3.73. The second kappa shape index (κ2) is 12.3. The zero-order valence-electron chi connectivity index (χ0n) is 32.2. The fourth-order valence-corrected chi connectivity index (χ4v) is 9.72. The van der Waals surface area contributed by atoms with E-state index in [1.165, 1.54) is 82.8 Å². The van der Waals surface area contributed by atoms with Gasteiger partial charge in [0, 0.05) is 38.2 Å². The summed E-state index contributed by atoms with van der Waals surface area (Å²) in [5.41, 5.74) is 17.4. The molecule has 0 spiro atoms. The summed E-state index contributed by atoms with van der Waals surface area (Å²) in [5, 5.41) is 7.20. The van der Waals surface area contributed by atoms with Gasteiger partial charge in [0.2, 0.25) is 0 Å². The number of hydrogen-bond donors (Lipinski definition) is 0. The predicted molar refractivity (Wildman–Crippen MR) is 243 cm³/mol. The fourth-order valence-electron chi connectivity index (χ4n) is 9.72. The third-order valence-electron chi connectivity index (χ3n) is 12.6. The zero-order chi connectivity index (χ0) is 38.5. The first-order valence-corrected chi connectivity index (χ1v) is 20.1. The quantitative estimate of drug-likeness (QED) is 0.168. The Morgan fingerprint density at radius 3 is 1.64 bits per heavy atom. The van der Waals surface area contributed by atoms with Crippen molar-refractivity contribution in [2.24, 2.45) is 0 Å². The Morgan fingerprint density at radius 1 is 0.397 bits per heavy atom. The molecule has 9 aromatic carbocycles. The maximum atomic E-state index is 5.28. The number of benzene rings is 9. The minimum absolute atomic E-state index is 0.176. The van der Waals surface area contributed by atoms with Gasteiger partial charge >= 0.3 is 0 Å².